The molecule has 2 aromatic rings. The number of hydrogen-bond acceptors (Lipinski definition) is 1. The highest BCUT2D eigenvalue weighted by molar-refractivity contribution is 6.32. The predicted octanol–water partition coefficient (Wildman–Crippen LogP) is 3.92. The molecule has 0 unspecified atom stereocenters. The summed E-state index contributed by atoms with van der Waals surface area (Å²) < 4.78 is 1.66. The van der Waals surface area contributed by atoms with Gasteiger partial charge in [0.2, 0.25) is 0 Å². The second-order valence-corrected chi connectivity index (χ2v) is 4.09. The molecular formula is C10H7Cl3N2. The van der Waals surface area contributed by atoms with E-state index in [1.165, 1.54) is 0 Å². The zero-order valence-corrected chi connectivity index (χ0v) is 9.89. The monoisotopic (exact) mass is 260 g/mol. The minimum Gasteiger partial charge on any atom is -0.239 e. The van der Waals surface area contributed by atoms with E-state index in [9.17, 15) is 0 Å². The third-order valence-corrected chi connectivity index (χ3v) is 2.84. The second-order valence-electron chi connectivity index (χ2n) is 2.97. The van der Waals surface area contributed by atoms with E-state index in [4.69, 9.17) is 34.8 Å². The van der Waals surface area contributed by atoms with Crippen LogP contribution in [0.1, 0.15) is 5.56 Å². The molecule has 5 heteroatoms. The molecule has 0 saturated carbocycles. The maximum atomic E-state index is 6.03. The van der Waals surface area contributed by atoms with Crippen LogP contribution in [0, 0.1) is 0 Å². The molecule has 0 spiro atoms. The number of halogens is 3. The molecule has 2 nitrogen and oxygen atoms in total. The molecule has 0 bridgehead atoms. The SMILES string of the molecule is ClCc1c(Cl)cccc1-n1cc(Cl)cn1. The van der Waals surface area contributed by atoms with Gasteiger partial charge in [0.25, 0.3) is 0 Å². The molecule has 1 aromatic heterocycles. The summed E-state index contributed by atoms with van der Waals surface area (Å²) >= 11 is 17.7. The van der Waals surface area contributed by atoms with Crippen LogP contribution in [0.25, 0.3) is 5.69 Å². The van der Waals surface area contributed by atoms with E-state index in [-0.39, 0.29) is 0 Å². The lowest BCUT2D eigenvalue weighted by Crippen LogP contribution is -1.99. The lowest BCUT2D eigenvalue weighted by molar-refractivity contribution is 0.871. The van der Waals surface area contributed by atoms with E-state index >= 15 is 0 Å². The Balaban J connectivity index is 2.57. The number of benzene rings is 1. The van der Waals surface area contributed by atoms with Gasteiger partial charge in [0.1, 0.15) is 0 Å². The summed E-state index contributed by atoms with van der Waals surface area (Å²) in [6.07, 6.45) is 3.28. The molecule has 78 valence electrons. The zero-order chi connectivity index (χ0) is 10.8. The third-order valence-electron chi connectivity index (χ3n) is 2.03. The molecular weight excluding hydrogens is 254 g/mol. The Hall–Kier alpha value is -0.700. The van der Waals surface area contributed by atoms with Crippen molar-refractivity contribution in [3.8, 4) is 5.69 Å². The van der Waals surface area contributed by atoms with E-state index in [0.717, 1.165) is 11.3 Å². The van der Waals surface area contributed by atoms with Crippen LogP contribution in [0.2, 0.25) is 10.0 Å². The molecule has 15 heavy (non-hydrogen) atoms. The van der Waals surface area contributed by atoms with Gasteiger partial charge in [-0.25, -0.2) is 4.68 Å². The summed E-state index contributed by atoms with van der Waals surface area (Å²) in [6, 6.07) is 5.55. The highest BCUT2D eigenvalue weighted by Gasteiger charge is 2.08. The van der Waals surface area contributed by atoms with Gasteiger partial charge in [-0.05, 0) is 12.1 Å². The molecule has 0 amide bonds. The normalized spacial score (nSPS) is 10.6. The lowest BCUT2D eigenvalue weighted by Gasteiger charge is -2.08. The van der Waals surface area contributed by atoms with E-state index in [2.05, 4.69) is 5.10 Å². The van der Waals surface area contributed by atoms with Crippen LogP contribution in [0.5, 0.6) is 0 Å². The highest BCUT2D eigenvalue weighted by Crippen LogP contribution is 2.25. The van der Waals surface area contributed by atoms with Gasteiger partial charge in [-0.1, -0.05) is 29.3 Å². The Morgan fingerprint density at radius 3 is 2.67 bits per heavy atom. The second kappa shape index (κ2) is 4.44. The molecule has 0 aliphatic rings. The van der Waals surface area contributed by atoms with Crippen LogP contribution in [-0.2, 0) is 5.88 Å². The van der Waals surface area contributed by atoms with Gasteiger partial charge >= 0.3 is 0 Å². The van der Waals surface area contributed by atoms with Crippen LogP contribution in [0.4, 0.5) is 0 Å². The van der Waals surface area contributed by atoms with Crippen LogP contribution < -0.4 is 0 Å². The summed E-state index contributed by atoms with van der Waals surface area (Å²) in [6.45, 7) is 0. The van der Waals surface area contributed by atoms with Gasteiger partial charge in [0, 0.05) is 16.8 Å². The van der Waals surface area contributed by atoms with Crippen molar-refractivity contribution < 1.29 is 0 Å². The highest BCUT2D eigenvalue weighted by atomic mass is 35.5. The average Bonchev–Trinajstić information content (AvgIpc) is 2.64. The number of nitrogens with zero attached hydrogens (tertiary/aromatic N) is 2. The van der Waals surface area contributed by atoms with E-state index in [1.54, 1.807) is 23.1 Å². The molecule has 0 N–H and O–H groups in total. The van der Waals surface area contributed by atoms with E-state index < -0.39 is 0 Å². The van der Waals surface area contributed by atoms with Gasteiger partial charge in [-0.15, -0.1) is 11.6 Å². The van der Waals surface area contributed by atoms with Crippen molar-refractivity contribution in [3.63, 3.8) is 0 Å². The average molecular weight is 262 g/mol. The van der Waals surface area contributed by atoms with Gasteiger partial charge < -0.3 is 0 Å². The first kappa shape index (κ1) is 10.8. The molecule has 1 aromatic carbocycles. The fourth-order valence-corrected chi connectivity index (χ4v) is 2.05. The number of alkyl halides is 1. The summed E-state index contributed by atoms with van der Waals surface area (Å²) in [5.41, 5.74) is 1.70. The van der Waals surface area contributed by atoms with Crippen molar-refractivity contribution in [3.05, 3.63) is 46.2 Å². The Morgan fingerprint density at radius 2 is 2.07 bits per heavy atom. The number of aromatic nitrogens is 2. The molecule has 0 aliphatic heterocycles. The minimum atomic E-state index is 0.340. The summed E-state index contributed by atoms with van der Waals surface area (Å²) in [5, 5.41) is 5.32. The van der Waals surface area contributed by atoms with Crippen molar-refractivity contribution in [1.29, 1.82) is 0 Å². The molecule has 0 saturated heterocycles. The quantitative estimate of drug-likeness (QED) is 0.749. The first-order chi connectivity index (χ1) is 7.22. The summed E-state index contributed by atoms with van der Waals surface area (Å²) in [4.78, 5) is 0. The lowest BCUT2D eigenvalue weighted by atomic mass is 10.2. The van der Waals surface area contributed by atoms with Crippen LogP contribution in [-0.4, -0.2) is 9.78 Å². The zero-order valence-electron chi connectivity index (χ0n) is 7.62. The summed E-state index contributed by atoms with van der Waals surface area (Å²) in [5.74, 6) is 0.340. The first-order valence-corrected chi connectivity index (χ1v) is 5.55. The molecule has 0 fully saturated rings. The van der Waals surface area contributed by atoms with E-state index in [0.29, 0.717) is 15.9 Å². The standard InChI is InChI=1S/C10H7Cl3N2/c11-4-8-9(13)2-1-3-10(8)15-6-7(12)5-14-15/h1-3,5-6H,4H2. The van der Waals surface area contributed by atoms with Crippen molar-refractivity contribution >= 4 is 34.8 Å². The Labute approximate surface area is 102 Å². The number of rotatable bonds is 2. The Kier molecular flexibility index (Phi) is 3.19. The van der Waals surface area contributed by atoms with Gasteiger partial charge in [0.15, 0.2) is 0 Å². The Bertz CT molecular complexity index is 479. The maximum Gasteiger partial charge on any atom is 0.0790 e. The molecule has 2 rings (SSSR count). The van der Waals surface area contributed by atoms with Crippen molar-refractivity contribution in [2.75, 3.05) is 0 Å². The van der Waals surface area contributed by atoms with E-state index in [1.807, 2.05) is 12.1 Å². The minimum absolute atomic E-state index is 0.340. The van der Waals surface area contributed by atoms with Crippen LogP contribution in [0.3, 0.4) is 0 Å². The molecule has 0 radical (unpaired) electrons. The van der Waals surface area contributed by atoms with Gasteiger partial charge in [-0.3, -0.25) is 0 Å². The fourth-order valence-electron chi connectivity index (χ4n) is 1.33. The smallest absolute Gasteiger partial charge is 0.0790 e. The van der Waals surface area contributed by atoms with Crippen molar-refractivity contribution in [2.45, 2.75) is 5.88 Å². The van der Waals surface area contributed by atoms with Crippen molar-refractivity contribution in [1.82, 2.24) is 9.78 Å². The molecule has 0 atom stereocenters. The van der Waals surface area contributed by atoms with Crippen LogP contribution in [0.15, 0.2) is 30.6 Å². The molecule has 1 heterocycles. The van der Waals surface area contributed by atoms with Crippen LogP contribution >= 0.6 is 34.8 Å². The third kappa shape index (κ3) is 2.12. The maximum absolute atomic E-state index is 6.03. The topological polar surface area (TPSA) is 17.8 Å². The Morgan fingerprint density at radius 1 is 1.27 bits per heavy atom. The van der Waals surface area contributed by atoms with Gasteiger partial charge in [-0.2, -0.15) is 5.10 Å². The first-order valence-electron chi connectivity index (χ1n) is 4.26. The largest absolute Gasteiger partial charge is 0.239 e. The fraction of sp³-hybridized carbons (Fsp3) is 0.100. The summed E-state index contributed by atoms with van der Waals surface area (Å²) in [7, 11) is 0. The predicted molar refractivity (Wildman–Crippen MR) is 63.1 cm³/mol. The molecule has 0 aliphatic carbocycles. The number of hydrogen-bond donors (Lipinski definition) is 0. The van der Waals surface area contributed by atoms with Crippen molar-refractivity contribution in [2.24, 2.45) is 0 Å². The van der Waals surface area contributed by atoms with Gasteiger partial charge in [0.05, 0.1) is 22.8 Å².